The number of hydrogen-bond donors (Lipinski definition) is 1. The summed E-state index contributed by atoms with van der Waals surface area (Å²) in [7, 11) is 0. The van der Waals surface area contributed by atoms with E-state index in [1.54, 1.807) is 12.3 Å². The van der Waals surface area contributed by atoms with E-state index in [4.69, 9.17) is 5.73 Å². The fourth-order valence-corrected chi connectivity index (χ4v) is 0.216. The van der Waals surface area contributed by atoms with Crippen molar-refractivity contribution in [1.82, 2.24) is 0 Å². The molecule has 0 radical (unpaired) electrons. The quantitative estimate of drug-likeness (QED) is 0.503. The van der Waals surface area contributed by atoms with Crippen molar-refractivity contribution in [2.75, 3.05) is 6.54 Å². The van der Waals surface area contributed by atoms with Gasteiger partial charge in [-0.25, -0.2) is 0 Å². The maximum absolute atomic E-state index is 5.00. The summed E-state index contributed by atoms with van der Waals surface area (Å²) >= 11 is 0. The van der Waals surface area contributed by atoms with Gasteiger partial charge in [0.1, 0.15) is 0 Å². The van der Waals surface area contributed by atoms with Crippen LogP contribution >= 0.6 is 0 Å². The van der Waals surface area contributed by atoms with Gasteiger partial charge in [-0.15, -0.1) is 0 Å². The SMILES string of the molecule is CC/N=C\C=C\N. The Balaban J connectivity index is 3.09. The van der Waals surface area contributed by atoms with Crippen LogP contribution in [0.1, 0.15) is 6.92 Å². The Morgan fingerprint density at radius 1 is 1.71 bits per heavy atom. The monoisotopic (exact) mass is 98.1 g/mol. The first-order valence-corrected chi connectivity index (χ1v) is 2.28. The highest BCUT2D eigenvalue weighted by molar-refractivity contribution is 5.70. The van der Waals surface area contributed by atoms with Crippen LogP contribution in [0.2, 0.25) is 0 Å². The smallest absolute Gasteiger partial charge is 0.0360 e. The molecular weight excluding hydrogens is 88.1 g/mol. The van der Waals surface area contributed by atoms with Crippen molar-refractivity contribution < 1.29 is 0 Å². The van der Waals surface area contributed by atoms with Gasteiger partial charge in [0.05, 0.1) is 0 Å². The van der Waals surface area contributed by atoms with Crippen molar-refractivity contribution in [3.63, 3.8) is 0 Å². The third-order valence-electron chi connectivity index (χ3n) is 0.485. The lowest BCUT2D eigenvalue weighted by Gasteiger charge is -1.72. The molecule has 2 N–H and O–H groups in total. The van der Waals surface area contributed by atoms with E-state index in [2.05, 4.69) is 4.99 Å². The molecule has 0 aromatic rings. The van der Waals surface area contributed by atoms with E-state index in [-0.39, 0.29) is 0 Å². The molecule has 0 saturated carbocycles. The van der Waals surface area contributed by atoms with Crippen LogP contribution in [0.15, 0.2) is 17.3 Å². The fourth-order valence-electron chi connectivity index (χ4n) is 0.216. The predicted octanol–water partition coefficient (Wildman–Crippen LogP) is 0.550. The molecule has 0 heterocycles. The van der Waals surface area contributed by atoms with Gasteiger partial charge in [-0.05, 0) is 19.2 Å². The van der Waals surface area contributed by atoms with Crippen LogP contribution in [0.4, 0.5) is 0 Å². The van der Waals surface area contributed by atoms with Crippen molar-refractivity contribution in [1.29, 1.82) is 0 Å². The molecule has 0 fully saturated rings. The van der Waals surface area contributed by atoms with Crippen LogP contribution in [0.25, 0.3) is 0 Å². The molecule has 0 bridgehead atoms. The van der Waals surface area contributed by atoms with Gasteiger partial charge in [0.25, 0.3) is 0 Å². The molecule has 7 heavy (non-hydrogen) atoms. The van der Waals surface area contributed by atoms with E-state index in [0.717, 1.165) is 6.54 Å². The summed E-state index contributed by atoms with van der Waals surface area (Å²) in [4.78, 5) is 3.87. The average molecular weight is 98.1 g/mol. The topological polar surface area (TPSA) is 38.4 Å². The van der Waals surface area contributed by atoms with E-state index in [1.807, 2.05) is 6.92 Å². The van der Waals surface area contributed by atoms with E-state index < -0.39 is 0 Å². The van der Waals surface area contributed by atoms with Crippen LogP contribution in [0, 0.1) is 0 Å². The maximum atomic E-state index is 5.00. The summed E-state index contributed by atoms with van der Waals surface area (Å²) in [6.07, 6.45) is 4.84. The molecule has 0 rings (SSSR count). The summed E-state index contributed by atoms with van der Waals surface area (Å²) in [6, 6.07) is 0. The minimum atomic E-state index is 0.824. The van der Waals surface area contributed by atoms with Gasteiger partial charge in [-0.2, -0.15) is 0 Å². The lowest BCUT2D eigenvalue weighted by molar-refractivity contribution is 1.14. The zero-order chi connectivity index (χ0) is 5.54. The van der Waals surface area contributed by atoms with E-state index in [1.165, 1.54) is 6.20 Å². The van der Waals surface area contributed by atoms with E-state index in [9.17, 15) is 0 Å². The molecule has 0 aliphatic carbocycles. The van der Waals surface area contributed by atoms with E-state index >= 15 is 0 Å². The molecule has 0 aliphatic rings. The summed E-state index contributed by atoms with van der Waals surface area (Å²) in [5.41, 5.74) is 5.00. The van der Waals surface area contributed by atoms with Crippen LogP contribution in [0.5, 0.6) is 0 Å². The maximum Gasteiger partial charge on any atom is 0.0360 e. The number of aliphatic imine (C=N–C) groups is 1. The highest BCUT2D eigenvalue weighted by atomic mass is 14.7. The predicted molar refractivity (Wildman–Crippen MR) is 32.4 cm³/mol. The minimum Gasteiger partial charge on any atom is -0.405 e. The second-order valence-electron chi connectivity index (χ2n) is 1.03. The summed E-state index contributed by atoms with van der Waals surface area (Å²) in [6.45, 7) is 2.80. The molecule has 2 nitrogen and oxygen atoms in total. The van der Waals surface area contributed by atoms with Gasteiger partial charge in [-0.1, -0.05) is 0 Å². The normalized spacial score (nSPS) is 11.6. The lowest BCUT2D eigenvalue weighted by atomic mass is 10.6. The molecule has 0 atom stereocenters. The second kappa shape index (κ2) is 5.21. The Kier molecular flexibility index (Phi) is 4.62. The largest absolute Gasteiger partial charge is 0.405 e. The highest BCUT2D eigenvalue weighted by Crippen LogP contribution is 1.62. The van der Waals surface area contributed by atoms with E-state index in [0.29, 0.717) is 0 Å². The number of nitrogens with two attached hydrogens (primary N) is 1. The third kappa shape index (κ3) is 5.21. The van der Waals surface area contributed by atoms with Gasteiger partial charge in [-0.3, -0.25) is 4.99 Å². The fraction of sp³-hybridized carbons (Fsp3) is 0.400. The van der Waals surface area contributed by atoms with Gasteiger partial charge in [0, 0.05) is 12.8 Å². The standard InChI is InChI=1S/C5H10N2/c1-2-7-5-3-4-6/h3-5H,2,6H2,1H3/b4-3+,7-5-. The zero-order valence-corrected chi connectivity index (χ0v) is 4.46. The third-order valence-corrected chi connectivity index (χ3v) is 0.485. The molecule has 0 aromatic heterocycles. The first kappa shape index (κ1) is 6.21. The molecule has 0 unspecified atom stereocenters. The summed E-state index contributed by atoms with van der Waals surface area (Å²) in [5, 5.41) is 0. The van der Waals surface area contributed by atoms with Crippen molar-refractivity contribution in [2.45, 2.75) is 6.92 Å². The Labute approximate surface area is 43.7 Å². The Morgan fingerprint density at radius 3 is 2.86 bits per heavy atom. The Morgan fingerprint density at radius 2 is 2.43 bits per heavy atom. The van der Waals surface area contributed by atoms with Gasteiger partial charge in [0.15, 0.2) is 0 Å². The Bertz CT molecular complexity index is 74.1. The number of nitrogens with zero attached hydrogens (tertiary/aromatic N) is 1. The molecule has 40 valence electrons. The number of hydrogen-bond acceptors (Lipinski definition) is 2. The number of allylic oxidation sites excluding steroid dienone is 1. The van der Waals surface area contributed by atoms with Crippen LogP contribution in [-0.2, 0) is 0 Å². The summed E-state index contributed by atoms with van der Waals surface area (Å²) < 4.78 is 0. The van der Waals surface area contributed by atoms with Gasteiger partial charge in [0.2, 0.25) is 0 Å². The molecule has 0 saturated heterocycles. The molecule has 0 aliphatic heterocycles. The van der Waals surface area contributed by atoms with Crippen LogP contribution in [0.3, 0.4) is 0 Å². The van der Waals surface area contributed by atoms with Gasteiger partial charge < -0.3 is 5.73 Å². The average Bonchev–Trinajstić information content (AvgIpc) is 1.69. The van der Waals surface area contributed by atoms with Gasteiger partial charge >= 0.3 is 0 Å². The van der Waals surface area contributed by atoms with Crippen molar-refractivity contribution in [3.05, 3.63) is 12.3 Å². The number of rotatable bonds is 2. The molecule has 0 spiro atoms. The first-order chi connectivity index (χ1) is 3.41. The zero-order valence-electron chi connectivity index (χ0n) is 4.46. The first-order valence-electron chi connectivity index (χ1n) is 2.28. The van der Waals surface area contributed by atoms with Crippen molar-refractivity contribution in [3.8, 4) is 0 Å². The van der Waals surface area contributed by atoms with Crippen molar-refractivity contribution >= 4 is 6.21 Å². The second-order valence-corrected chi connectivity index (χ2v) is 1.03. The minimum absolute atomic E-state index is 0.824. The lowest BCUT2D eigenvalue weighted by Crippen LogP contribution is -1.76. The van der Waals surface area contributed by atoms with Crippen LogP contribution < -0.4 is 5.73 Å². The Hall–Kier alpha value is -0.790. The molecule has 0 amide bonds. The van der Waals surface area contributed by atoms with Crippen molar-refractivity contribution in [2.24, 2.45) is 10.7 Å². The molecule has 2 heteroatoms. The molecular formula is C5H10N2. The summed E-state index contributed by atoms with van der Waals surface area (Å²) in [5.74, 6) is 0. The van der Waals surface area contributed by atoms with Crippen LogP contribution in [-0.4, -0.2) is 12.8 Å². The highest BCUT2D eigenvalue weighted by Gasteiger charge is 1.57. The molecule has 0 aromatic carbocycles.